The molecule has 0 bridgehead atoms. The van der Waals surface area contributed by atoms with Crippen molar-refractivity contribution in [2.75, 3.05) is 39.3 Å². The molecule has 2 aromatic carbocycles. The molecule has 0 aromatic heterocycles. The molecule has 1 fully saturated rings. The summed E-state index contributed by atoms with van der Waals surface area (Å²) in [5.74, 6) is 1.06. The smallest absolute Gasteiger partial charge is 0.137 e. The highest BCUT2D eigenvalue weighted by atomic mass is 16.5. The fourth-order valence-corrected chi connectivity index (χ4v) is 4.22. The fraction of sp³-hybridized carbons (Fsp3) is 0.455. The molecule has 1 aliphatic carbocycles. The van der Waals surface area contributed by atoms with E-state index in [0.717, 1.165) is 18.9 Å². The van der Waals surface area contributed by atoms with Crippen molar-refractivity contribution in [3.63, 3.8) is 0 Å². The van der Waals surface area contributed by atoms with Crippen LogP contribution in [0.1, 0.15) is 23.1 Å². The second kappa shape index (κ2) is 8.03. The van der Waals surface area contributed by atoms with Crippen LogP contribution in [0.2, 0.25) is 0 Å². The number of rotatable bonds is 6. The molecular weight excluding hydrogens is 308 g/mol. The highest BCUT2D eigenvalue weighted by Crippen LogP contribution is 2.25. The minimum absolute atomic E-state index is 0.835. The van der Waals surface area contributed by atoms with Gasteiger partial charge in [-0.1, -0.05) is 36.4 Å². The van der Waals surface area contributed by atoms with Gasteiger partial charge in [0.25, 0.3) is 0 Å². The lowest BCUT2D eigenvalue weighted by molar-refractivity contribution is -1.02. The first-order valence-corrected chi connectivity index (χ1v) is 9.82. The van der Waals surface area contributed by atoms with Gasteiger partial charge in [0.05, 0.1) is 0 Å². The fourth-order valence-electron chi connectivity index (χ4n) is 4.22. The molecule has 25 heavy (non-hydrogen) atoms. The Bertz CT molecular complexity index is 678. The van der Waals surface area contributed by atoms with Crippen molar-refractivity contribution >= 4 is 0 Å². The van der Waals surface area contributed by atoms with Crippen LogP contribution in [0.3, 0.4) is 0 Å². The first-order chi connectivity index (χ1) is 12.4. The summed E-state index contributed by atoms with van der Waals surface area (Å²) in [5.41, 5.74) is 4.49. The Morgan fingerprint density at radius 1 is 0.800 bits per heavy atom. The van der Waals surface area contributed by atoms with Crippen molar-refractivity contribution in [1.29, 1.82) is 0 Å². The van der Waals surface area contributed by atoms with Crippen molar-refractivity contribution < 1.29 is 14.5 Å². The average molecular weight is 338 g/mol. The molecule has 0 saturated carbocycles. The lowest BCUT2D eigenvalue weighted by Gasteiger charge is -2.29. The summed E-state index contributed by atoms with van der Waals surface area (Å²) in [5, 5.41) is 0. The van der Waals surface area contributed by atoms with Crippen molar-refractivity contribution in [3.8, 4) is 5.75 Å². The molecule has 2 aliphatic rings. The molecule has 0 amide bonds. The maximum atomic E-state index is 6.03. The third-order valence-electron chi connectivity index (χ3n) is 5.76. The van der Waals surface area contributed by atoms with Gasteiger partial charge >= 0.3 is 0 Å². The van der Waals surface area contributed by atoms with E-state index < -0.39 is 0 Å². The quantitative estimate of drug-likeness (QED) is 0.787. The average Bonchev–Trinajstić information content (AvgIpc) is 3.12. The molecule has 1 saturated heterocycles. The van der Waals surface area contributed by atoms with Crippen LogP contribution >= 0.6 is 0 Å². The van der Waals surface area contributed by atoms with E-state index in [0.29, 0.717) is 0 Å². The number of piperazine rings is 1. The summed E-state index contributed by atoms with van der Waals surface area (Å²) in [6, 6.07) is 17.6. The number of aryl methyl sites for hydroxylation is 2. The van der Waals surface area contributed by atoms with Crippen LogP contribution in [0, 0.1) is 0 Å². The maximum absolute atomic E-state index is 6.03. The first-order valence-electron chi connectivity index (χ1n) is 9.82. The number of ether oxygens (including phenoxy) is 1. The molecule has 2 aromatic rings. The predicted molar refractivity (Wildman–Crippen MR) is 100 cm³/mol. The normalized spacial score (nSPS) is 22.6. The van der Waals surface area contributed by atoms with E-state index in [2.05, 4.69) is 48.5 Å². The Morgan fingerprint density at radius 2 is 1.56 bits per heavy atom. The van der Waals surface area contributed by atoms with Crippen LogP contribution in [0.15, 0.2) is 48.5 Å². The van der Waals surface area contributed by atoms with E-state index in [1.165, 1.54) is 68.7 Å². The topological polar surface area (TPSA) is 18.1 Å². The van der Waals surface area contributed by atoms with Gasteiger partial charge in [0.15, 0.2) is 0 Å². The van der Waals surface area contributed by atoms with Gasteiger partial charge in [-0.3, -0.25) is 0 Å². The number of quaternary nitrogens is 2. The van der Waals surface area contributed by atoms with Crippen molar-refractivity contribution in [2.24, 2.45) is 0 Å². The van der Waals surface area contributed by atoms with Gasteiger partial charge in [0.2, 0.25) is 0 Å². The zero-order chi connectivity index (χ0) is 16.9. The van der Waals surface area contributed by atoms with Crippen LogP contribution in [0.25, 0.3) is 0 Å². The SMILES string of the molecule is c1ccc(C[NH+]2CC[NH+](CCOc3ccc4c(c3)CCC4)CC2)cc1. The van der Waals surface area contributed by atoms with Crippen LogP contribution in [0.4, 0.5) is 0 Å². The van der Waals surface area contributed by atoms with Crippen LogP contribution in [0.5, 0.6) is 5.75 Å². The van der Waals surface area contributed by atoms with Gasteiger partial charge in [0.1, 0.15) is 51.6 Å². The Balaban J connectivity index is 1.18. The van der Waals surface area contributed by atoms with E-state index in [1.807, 2.05) is 0 Å². The Labute approximate surface area is 151 Å². The molecule has 2 N–H and O–H groups in total. The maximum Gasteiger partial charge on any atom is 0.137 e. The predicted octanol–water partition coefficient (Wildman–Crippen LogP) is 0.538. The molecule has 0 radical (unpaired) electrons. The highest BCUT2D eigenvalue weighted by molar-refractivity contribution is 5.38. The summed E-state index contributed by atoms with van der Waals surface area (Å²) in [6.45, 7) is 8.18. The lowest BCUT2D eigenvalue weighted by atomic mass is 10.1. The van der Waals surface area contributed by atoms with Crippen LogP contribution in [-0.4, -0.2) is 39.3 Å². The van der Waals surface area contributed by atoms with Gasteiger partial charge in [-0.15, -0.1) is 0 Å². The molecule has 1 heterocycles. The van der Waals surface area contributed by atoms with Crippen LogP contribution < -0.4 is 14.5 Å². The molecule has 4 rings (SSSR count). The minimum Gasteiger partial charge on any atom is -0.488 e. The lowest BCUT2D eigenvalue weighted by Crippen LogP contribution is -3.27. The van der Waals surface area contributed by atoms with Gasteiger partial charge < -0.3 is 14.5 Å². The Kier molecular flexibility index (Phi) is 5.34. The third kappa shape index (κ3) is 4.42. The molecule has 0 unspecified atom stereocenters. The van der Waals surface area contributed by atoms with E-state index in [-0.39, 0.29) is 0 Å². The minimum atomic E-state index is 0.835. The van der Waals surface area contributed by atoms with E-state index in [9.17, 15) is 0 Å². The first kappa shape index (κ1) is 16.6. The summed E-state index contributed by atoms with van der Waals surface area (Å²) in [7, 11) is 0. The molecular formula is C22H30N2O+2. The summed E-state index contributed by atoms with van der Waals surface area (Å²) in [6.07, 6.45) is 3.78. The monoisotopic (exact) mass is 338 g/mol. The Morgan fingerprint density at radius 3 is 2.40 bits per heavy atom. The van der Waals surface area contributed by atoms with Gasteiger partial charge in [0, 0.05) is 5.56 Å². The number of fused-ring (bicyclic) bond motifs is 1. The number of benzene rings is 2. The third-order valence-corrected chi connectivity index (χ3v) is 5.76. The second-order valence-corrected chi connectivity index (χ2v) is 7.54. The molecule has 1 aliphatic heterocycles. The van der Waals surface area contributed by atoms with E-state index in [1.54, 1.807) is 9.80 Å². The van der Waals surface area contributed by atoms with Crippen molar-refractivity contribution in [2.45, 2.75) is 25.8 Å². The van der Waals surface area contributed by atoms with Crippen molar-refractivity contribution in [1.82, 2.24) is 0 Å². The zero-order valence-corrected chi connectivity index (χ0v) is 15.1. The molecule has 0 atom stereocenters. The van der Waals surface area contributed by atoms with Crippen molar-refractivity contribution in [3.05, 3.63) is 65.2 Å². The second-order valence-electron chi connectivity index (χ2n) is 7.54. The van der Waals surface area contributed by atoms with E-state index in [4.69, 9.17) is 4.74 Å². The van der Waals surface area contributed by atoms with Crippen LogP contribution in [-0.2, 0) is 19.4 Å². The van der Waals surface area contributed by atoms with E-state index >= 15 is 0 Å². The molecule has 3 nitrogen and oxygen atoms in total. The van der Waals surface area contributed by atoms with Gasteiger partial charge in [-0.25, -0.2) is 0 Å². The molecule has 3 heteroatoms. The summed E-state index contributed by atoms with van der Waals surface area (Å²) < 4.78 is 6.03. The highest BCUT2D eigenvalue weighted by Gasteiger charge is 2.22. The standard InChI is InChI=1S/C22H28N2O/c1-2-5-19(6-3-1)18-24-13-11-23(12-14-24)15-16-25-22-10-9-20-7-4-8-21(20)17-22/h1-3,5-6,9-10,17H,4,7-8,11-16,18H2/p+2. The number of hydrogen-bond donors (Lipinski definition) is 2. The molecule has 132 valence electrons. The molecule has 0 spiro atoms. The van der Waals surface area contributed by atoms with Gasteiger partial charge in [-0.05, 0) is 42.5 Å². The summed E-state index contributed by atoms with van der Waals surface area (Å²) in [4.78, 5) is 3.41. The largest absolute Gasteiger partial charge is 0.488 e. The van der Waals surface area contributed by atoms with Gasteiger partial charge in [-0.2, -0.15) is 0 Å². The number of hydrogen-bond acceptors (Lipinski definition) is 1. The Hall–Kier alpha value is -1.84. The zero-order valence-electron chi connectivity index (χ0n) is 15.1. The number of nitrogens with one attached hydrogen (secondary N) is 2. The summed E-state index contributed by atoms with van der Waals surface area (Å²) >= 11 is 0.